The van der Waals surface area contributed by atoms with E-state index in [9.17, 15) is 18.4 Å². The molecule has 0 radical (unpaired) electrons. The highest BCUT2D eigenvalue weighted by Crippen LogP contribution is 2.23. The minimum atomic E-state index is -0.907. The van der Waals surface area contributed by atoms with Gasteiger partial charge < -0.3 is 0 Å². The minimum absolute atomic E-state index is 0.109. The van der Waals surface area contributed by atoms with Gasteiger partial charge in [-0.2, -0.15) is 0 Å². The lowest BCUT2D eigenvalue weighted by atomic mass is 10.0. The molecule has 6 heteroatoms. The van der Waals surface area contributed by atoms with Crippen molar-refractivity contribution in [2.24, 2.45) is 0 Å². The molecular weight excluding hydrogens is 360 g/mol. The normalized spacial score (nSPS) is 12.0. The molecular formula is C20H16ClF2NO2. The molecule has 2 aromatic carbocycles. The number of imide groups is 1. The van der Waals surface area contributed by atoms with E-state index in [1.807, 2.05) is 0 Å². The summed E-state index contributed by atoms with van der Waals surface area (Å²) in [6.07, 6.45) is 2.95. The Labute approximate surface area is 155 Å². The Balaban J connectivity index is 2.49. The molecule has 0 bridgehead atoms. The Hall–Kier alpha value is -2.79. The molecule has 0 saturated heterocycles. The van der Waals surface area contributed by atoms with E-state index in [1.54, 1.807) is 44.2 Å². The van der Waals surface area contributed by atoms with Gasteiger partial charge in [-0.3, -0.25) is 14.9 Å². The maximum Gasteiger partial charge on any atom is 0.258 e. The van der Waals surface area contributed by atoms with Gasteiger partial charge in [-0.05, 0) is 49.8 Å². The second-order valence-corrected chi connectivity index (χ2v) is 5.93. The van der Waals surface area contributed by atoms with Crippen LogP contribution in [-0.2, 0) is 9.59 Å². The molecule has 3 nitrogen and oxygen atoms in total. The monoisotopic (exact) mass is 375 g/mol. The molecule has 0 aliphatic carbocycles. The number of halogens is 3. The fourth-order valence-corrected chi connectivity index (χ4v) is 2.23. The number of amides is 2. The Morgan fingerprint density at radius 1 is 1.04 bits per heavy atom. The number of hydrogen-bond acceptors (Lipinski definition) is 2. The smallest absolute Gasteiger partial charge is 0.258 e. The summed E-state index contributed by atoms with van der Waals surface area (Å²) in [7, 11) is 0. The van der Waals surface area contributed by atoms with Crippen molar-refractivity contribution < 1.29 is 18.4 Å². The van der Waals surface area contributed by atoms with Gasteiger partial charge in [0, 0.05) is 22.2 Å². The summed E-state index contributed by atoms with van der Waals surface area (Å²) in [5.74, 6) is -3.06. The molecule has 0 unspecified atom stereocenters. The lowest BCUT2D eigenvalue weighted by Gasteiger charge is -2.10. The molecule has 2 aromatic rings. The van der Waals surface area contributed by atoms with Crippen molar-refractivity contribution in [2.45, 2.75) is 13.8 Å². The third-order valence-electron chi connectivity index (χ3n) is 3.67. The molecule has 0 spiro atoms. The van der Waals surface area contributed by atoms with Gasteiger partial charge in [0.25, 0.3) is 11.8 Å². The second kappa shape index (κ2) is 8.54. The third-order valence-corrected chi connectivity index (χ3v) is 3.92. The van der Waals surface area contributed by atoms with Crippen molar-refractivity contribution >= 4 is 35.1 Å². The average molecular weight is 376 g/mol. The number of nitrogens with one attached hydrogen (secondary N) is 1. The number of rotatable bonds is 4. The summed E-state index contributed by atoms with van der Waals surface area (Å²) < 4.78 is 27.4. The first-order valence-electron chi connectivity index (χ1n) is 7.73. The van der Waals surface area contributed by atoms with Crippen molar-refractivity contribution in [1.82, 2.24) is 5.32 Å². The topological polar surface area (TPSA) is 46.2 Å². The molecule has 2 amide bonds. The van der Waals surface area contributed by atoms with Crippen LogP contribution in [0, 0.1) is 11.6 Å². The quantitative estimate of drug-likeness (QED) is 0.618. The maximum absolute atomic E-state index is 14.2. The third kappa shape index (κ3) is 4.86. The van der Waals surface area contributed by atoms with Crippen LogP contribution in [0.25, 0.3) is 11.6 Å². The van der Waals surface area contributed by atoms with Crippen molar-refractivity contribution in [2.75, 3.05) is 0 Å². The summed E-state index contributed by atoms with van der Waals surface area (Å²) in [6.45, 7) is 3.20. The number of allylic oxidation sites excluding steroid dienone is 1. The van der Waals surface area contributed by atoms with Crippen molar-refractivity contribution in [1.29, 1.82) is 0 Å². The summed E-state index contributed by atoms with van der Waals surface area (Å²) in [5, 5.41) is 2.70. The zero-order chi connectivity index (χ0) is 19.3. The fraction of sp³-hybridized carbons (Fsp3) is 0.100. The zero-order valence-corrected chi connectivity index (χ0v) is 14.9. The molecule has 0 heterocycles. The molecule has 0 fully saturated rings. The summed E-state index contributed by atoms with van der Waals surface area (Å²) in [6, 6.07) is 9.36. The van der Waals surface area contributed by atoms with E-state index in [2.05, 4.69) is 5.32 Å². The van der Waals surface area contributed by atoms with Crippen molar-refractivity contribution in [3.63, 3.8) is 0 Å². The minimum Gasteiger partial charge on any atom is -0.288 e. The van der Waals surface area contributed by atoms with Gasteiger partial charge in [0.05, 0.1) is 5.57 Å². The molecule has 2 rings (SSSR count). The van der Waals surface area contributed by atoms with Gasteiger partial charge in [0.1, 0.15) is 11.6 Å². The summed E-state index contributed by atoms with van der Waals surface area (Å²) in [5.41, 5.74) is 0.675. The number of carbonyl (C=O) groups is 2. The first-order valence-corrected chi connectivity index (χ1v) is 8.11. The molecule has 0 saturated carbocycles. The largest absolute Gasteiger partial charge is 0.288 e. The fourth-order valence-electron chi connectivity index (χ4n) is 2.10. The maximum atomic E-state index is 14.2. The predicted octanol–water partition coefficient (Wildman–Crippen LogP) is 4.77. The van der Waals surface area contributed by atoms with Gasteiger partial charge in [0.2, 0.25) is 0 Å². The SMILES string of the molecule is C/C=C(/C)C(=O)NC(=O)/C(=C/c1ccc(Cl)cc1)c1ccc(F)cc1F. The van der Waals surface area contributed by atoms with E-state index in [1.165, 1.54) is 6.08 Å². The molecule has 0 aliphatic rings. The van der Waals surface area contributed by atoms with Gasteiger partial charge in [-0.25, -0.2) is 8.78 Å². The van der Waals surface area contributed by atoms with Crippen LogP contribution in [-0.4, -0.2) is 11.8 Å². The highest BCUT2D eigenvalue weighted by Gasteiger charge is 2.19. The van der Waals surface area contributed by atoms with Crippen LogP contribution in [0.3, 0.4) is 0 Å². The summed E-state index contributed by atoms with van der Waals surface area (Å²) >= 11 is 5.84. The van der Waals surface area contributed by atoms with E-state index >= 15 is 0 Å². The number of benzene rings is 2. The van der Waals surface area contributed by atoms with Crippen LogP contribution in [0.4, 0.5) is 8.78 Å². The van der Waals surface area contributed by atoms with Crippen LogP contribution in [0.2, 0.25) is 5.02 Å². The molecule has 1 N–H and O–H groups in total. The first kappa shape index (κ1) is 19.5. The van der Waals surface area contributed by atoms with Gasteiger partial charge >= 0.3 is 0 Å². The Morgan fingerprint density at radius 2 is 1.69 bits per heavy atom. The first-order chi connectivity index (χ1) is 12.3. The Kier molecular flexibility index (Phi) is 6.41. The second-order valence-electron chi connectivity index (χ2n) is 5.49. The highest BCUT2D eigenvalue weighted by molar-refractivity contribution is 6.31. The average Bonchev–Trinajstić information content (AvgIpc) is 2.61. The zero-order valence-electron chi connectivity index (χ0n) is 14.1. The standard InChI is InChI=1S/C20H16ClF2NO2/c1-3-12(2)19(25)24-20(26)17(10-13-4-6-14(21)7-5-13)16-9-8-15(22)11-18(16)23/h3-11H,1-2H3,(H,24,25,26)/b12-3-,17-10+. The van der Waals surface area contributed by atoms with Gasteiger partial charge in [-0.1, -0.05) is 29.8 Å². The van der Waals surface area contributed by atoms with E-state index in [-0.39, 0.29) is 11.1 Å². The van der Waals surface area contributed by atoms with Crippen LogP contribution < -0.4 is 5.32 Å². The van der Waals surface area contributed by atoms with Gasteiger partial charge in [0.15, 0.2) is 0 Å². The van der Waals surface area contributed by atoms with Crippen LogP contribution in [0.5, 0.6) is 0 Å². The highest BCUT2D eigenvalue weighted by atomic mass is 35.5. The van der Waals surface area contributed by atoms with E-state index in [0.717, 1.165) is 12.1 Å². The number of carbonyl (C=O) groups excluding carboxylic acids is 2. The van der Waals surface area contributed by atoms with E-state index < -0.39 is 23.4 Å². The lowest BCUT2D eigenvalue weighted by Crippen LogP contribution is -2.31. The van der Waals surface area contributed by atoms with Crippen molar-refractivity contribution in [3.05, 3.63) is 81.9 Å². The van der Waals surface area contributed by atoms with Crippen LogP contribution >= 0.6 is 11.6 Å². The van der Waals surface area contributed by atoms with Gasteiger partial charge in [-0.15, -0.1) is 0 Å². The molecule has 0 aromatic heterocycles. The Bertz CT molecular complexity index is 903. The lowest BCUT2D eigenvalue weighted by molar-refractivity contribution is -0.125. The van der Waals surface area contributed by atoms with E-state index in [4.69, 9.17) is 11.6 Å². The Morgan fingerprint density at radius 3 is 2.27 bits per heavy atom. The molecule has 26 heavy (non-hydrogen) atoms. The predicted molar refractivity (Wildman–Crippen MR) is 98.3 cm³/mol. The van der Waals surface area contributed by atoms with Crippen molar-refractivity contribution in [3.8, 4) is 0 Å². The number of hydrogen-bond donors (Lipinski definition) is 1. The van der Waals surface area contributed by atoms with E-state index in [0.29, 0.717) is 22.2 Å². The molecule has 0 atom stereocenters. The summed E-state index contributed by atoms with van der Waals surface area (Å²) in [4.78, 5) is 24.5. The van der Waals surface area contributed by atoms with Crippen LogP contribution in [0.1, 0.15) is 25.0 Å². The van der Waals surface area contributed by atoms with Crippen LogP contribution in [0.15, 0.2) is 54.1 Å². The molecule has 134 valence electrons. The molecule has 0 aliphatic heterocycles.